The van der Waals surface area contributed by atoms with Gasteiger partial charge in [-0.15, -0.1) is 6.58 Å². The number of carbonyl (C=O) groups excluding carboxylic acids is 1. The maximum Gasteiger partial charge on any atom is 0.266 e. The van der Waals surface area contributed by atoms with Gasteiger partial charge in [0.15, 0.2) is 0 Å². The molecule has 0 N–H and O–H groups in total. The predicted octanol–water partition coefficient (Wildman–Crippen LogP) is 5.39. The second-order valence-corrected chi connectivity index (χ2v) is 8.48. The third kappa shape index (κ3) is 3.55. The quantitative estimate of drug-likeness (QED) is 0.324. The number of hydrogen-bond acceptors (Lipinski definition) is 3. The molecule has 0 unspecified atom stereocenters. The van der Waals surface area contributed by atoms with E-state index >= 15 is 0 Å². The zero-order chi connectivity index (χ0) is 19.7. The van der Waals surface area contributed by atoms with Gasteiger partial charge in [-0.1, -0.05) is 78.1 Å². The van der Waals surface area contributed by atoms with Crippen molar-refractivity contribution in [2.24, 2.45) is 0 Å². The molecule has 1 aliphatic rings. The summed E-state index contributed by atoms with van der Waals surface area (Å²) >= 11 is 6.70. The van der Waals surface area contributed by atoms with Crippen LogP contribution >= 0.6 is 24.0 Å². The maximum absolute atomic E-state index is 12.7. The highest BCUT2D eigenvalue weighted by molar-refractivity contribution is 8.26. The molecule has 1 saturated heterocycles. The van der Waals surface area contributed by atoms with Gasteiger partial charge in [-0.2, -0.15) is 0 Å². The number of hydrogen-bond donors (Lipinski definition) is 0. The van der Waals surface area contributed by atoms with E-state index in [2.05, 4.69) is 60.7 Å². The number of fused-ring (bicyclic) bond motifs is 1. The van der Waals surface area contributed by atoms with Crippen LogP contribution in [0.5, 0.6) is 0 Å². The molecule has 0 bridgehead atoms. The van der Waals surface area contributed by atoms with Gasteiger partial charge in [0.05, 0.1) is 4.91 Å². The van der Waals surface area contributed by atoms with Gasteiger partial charge in [0.2, 0.25) is 0 Å². The van der Waals surface area contributed by atoms with Crippen LogP contribution in [-0.4, -0.2) is 26.2 Å². The van der Waals surface area contributed by atoms with E-state index in [1.54, 1.807) is 11.0 Å². The first-order valence-electron chi connectivity index (χ1n) is 9.06. The normalized spacial score (nSPS) is 15.8. The number of rotatable bonds is 5. The molecule has 3 nitrogen and oxygen atoms in total. The Morgan fingerprint density at radius 3 is 2.79 bits per heavy atom. The molecule has 0 saturated carbocycles. The number of amides is 1. The third-order valence-corrected chi connectivity index (χ3v) is 6.10. The Bertz CT molecular complexity index is 1130. The molecule has 4 rings (SSSR count). The van der Waals surface area contributed by atoms with Crippen molar-refractivity contribution in [3.63, 3.8) is 0 Å². The highest BCUT2D eigenvalue weighted by Crippen LogP contribution is 2.34. The molecule has 1 fully saturated rings. The van der Waals surface area contributed by atoms with Crippen LogP contribution in [0.3, 0.4) is 0 Å². The monoisotopic (exact) mass is 404 g/mol. The fraction of sp³-hybridized carbons (Fsp3) is 0.130. The smallest absolute Gasteiger partial charge is 0.266 e. The van der Waals surface area contributed by atoms with Crippen LogP contribution in [-0.2, 0) is 11.3 Å². The first-order valence-corrected chi connectivity index (χ1v) is 10.3. The third-order valence-electron chi connectivity index (χ3n) is 4.73. The number of aromatic nitrogens is 1. The van der Waals surface area contributed by atoms with E-state index in [0.717, 1.165) is 23.0 Å². The summed E-state index contributed by atoms with van der Waals surface area (Å²) in [4.78, 5) is 14.9. The molecule has 0 spiro atoms. The zero-order valence-electron chi connectivity index (χ0n) is 15.6. The van der Waals surface area contributed by atoms with Gasteiger partial charge in [0.25, 0.3) is 5.91 Å². The van der Waals surface area contributed by atoms with Gasteiger partial charge in [-0.25, -0.2) is 0 Å². The molecule has 1 aromatic heterocycles. The van der Waals surface area contributed by atoms with Gasteiger partial charge in [0.1, 0.15) is 4.32 Å². The maximum atomic E-state index is 12.7. The summed E-state index contributed by atoms with van der Waals surface area (Å²) in [6, 6.07) is 16.8. The number of aryl methyl sites for hydroxylation is 1. The molecule has 2 aromatic carbocycles. The van der Waals surface area contributed by atoms with Gasteiger partial charge in [0, 0.05) is 35.8 Å². The Balaban J connectivity index is 1.74. The predicted molar refractivity (Wildman–Crippen MR) is 122 cm³/mol. The lowest BCUT2D eigenvalue weighted by atomic mass is 10.1. The lowest BCUT2D eigenvalue weighted by Crippen LogP contribution is -2.27. The minimum Gasteiger partial charge on any atom is -0.342 e. The number of benzene rings is 2. The number of thioether (sulfide) groups is 1. The van der Waals surface area contributed by atoms with E-state index in [0.29, 0.717) is 15.8 Å². The fourth-order valence-electron chi connectivity index (χ4n) is 3.46. The molecule has 1 aliphatic heterocycles. The van der Waals surface area contributed by atoms with E-state index < -0.39 is 0 Å². The van der Waals surface area contributed by atoms with Gasteiger partial charge < -0.3 is 4.57 Å². The Hall–Kier alpha value is -2.63. The van der Waals surface area contributed by atoms with E-state index in [1.807, 2.05) is 18.2 Å². The van der Waals surface area contributed by atoms with E-state index in [-0.39, 0.29) is 5.91 Å². The molecule has 0 radical (unpaired) electrons. The van der Waals surface area contributed by atoms with Gasteiger partial charge in [-0.3, -0.25) is 9.69 Å². The summed E-state index contributed by atoms with van der Waals surface area (Å²) in [6.45, 7) is 7.04. The highest BCUT2D eigenvalue weighted by atomic mass is 32.2. The van der Waals surface area contributed by atoms with E-state index in [4.69, 9.17) is 12.2 Å². The Morgan fingerprint density at radius 1 is 1.18 bits per heavy atom. The van der Waals surface area contributed by atoms with Crippen LogP contribution < -0.4 is 0 Å². The van der Waals surface area contributed by atoms with Crippen LogP contribution in [0.25, 0.3) is 17.0 Å². The number of para-hydroxylation sites is 1. The molecule has 1 amide bonds. The standard InChI is InChI=1S/C23H20N2OS2/c1-3-11-25-22(26)21(28-23(25)27)13-18-15-24(20-10-5-4-9-19(18)20)14-17-8-6-7-16(2)12-17/h3-10,12-13,15H,1,11,14H2,2H3/b21-13-. The summed E-state index contributed by atoms with van der Waals surface area (Å²) in [6.07, 6.45) is 5.77. The minimum atomic E-state index is -0.0505. The molecule has 2 heterocycles. The number of carbonyl (C=O) groups is 1. The fourth-order valence-corrected chi connectivity index (χ4v) is 4.72. The number of thiocarbonyl (C=S) groups is 1. The van der Waals surface area contributed by atoms with Crippen molar-refractivity contribution in [2.75, 3.05) is 6.54 Å². The average Bonchev–Trinajstić information content (AvgIpc) is 3.15. The molecule has 5 heteroatoms. The van der Waals surface area contributed by atoms with Crippen molar-refractivity contribution < 1.29 is 4.79 Å². The average molecular weight is 405 g/mol. The summed E-state index contributed by atoms with van der Waals surface area (Å²) in [5, 5.41) is 1.13. The second kappa shape index (κ2) is 7.78. The van der Waals surface area contributed by atoms with Crippen molar-refractivity contribution in [1.82, 2.24) is 9.47 Å². The topological polar surface area (TPSA) is 25.2 Å². The lowest BCUT2D eigenvalue weighted by Gasteiger charge is -2.10. The summed E-state index contributed by atoms with van der Waals surface area (Å²) in [5.74, 6) is -0.0505. The second-order valence-electron chi connectivity index (χ2n) is 6.80. The number of nitrogens with zero attached hydrogens (tertiary/aromatic N) is 2. The van der Waals surface area contributed by atoms with Gasteiger partial charge in [-0.05, 0) is 24.6 Å². The molecule has 140 valence electrons. The SMILES string of the molecule is C=CCN1C(=O)/C(=C/c2cn(Cc3cccc(C)c3)c3ccccc23)SC1=S. The lowest BCUT2D eigenvalue weighted by molar-refractivity contribution is -0.121. The molecule has 3 aromatic rings. The summed E-state index contributed by atoms with van der Waals surface area (Å²) in [5.41, 5.74) is 4.68. The Kier molecular flexibility index (Phi) is 5.20. The van der Waals surface area contributed by atoms with Crippen molar-refractivity contribution in [3.05, 3.63) is 89.0 Å². The zero-order valence-corrected chi connectivity index (χ0v) is 17.2. The molecule has 0 atom stereocenters. The van der Waals surface area contributed by atoms with E-state index in [9.17, 15) is 4.79 Å². The first kappa shape index (κ1) is 18.7. The Morgan fingerprint density at radius 2 is 2.00 bits per heavy atom. The Labute approximate surface area is 174 Å². The van der Waals surface area contributed by atoms with Crippen molar-refractivity contribution in [2.45, 2.75) is 13.5 Å². The van der Waals surface area contributed by atoms with Crippen molar-refractivity contribution >= 4 is 51.2 Å². The van der Waals surface area contributed by atoms with Crippen LogP contribution in [0.15, 0.2) is 72.3 Å². The van der Waals surface area contributed by atoms with Crippen LogP contribution in [0.2, 0.25) is 0 Å². The van der Waals surface area contributed by atoms with Crippen LogP contribution in [0.4, 0.5) is 0 Å². The minimum absolute atomic E-state index is 0.0505. The van der Waals surface area contributed by atoms with Crippen LogP contribution in [0.1, 0.15) is 16.7 Å². The first-order chi connectivity index (χ1) is 13.6. The molecule has 0 aliphatic carbocycles. The van der Waals surface area contributed by atoms with E-state index in [1.165, 1.54) is 22.9 Å². The van der Waals surface area contributed by atoms with Crippen molar-refractivity contribution in [1.29, 1.82) is 0 Å². The van der Waals surface area contributed by atoms with Gasteiger partial charge >= 0.3 is 0 Å². The largest absolute Gasteiger partial charge is 0.342 e. The van der Waals surface area contributed by atoms with Crippen LogP contribution in [0, 0.1) is 6.92 Å². The summed E-state index contributed by atoms with van der Waals surface area (Å²) in [7, 11) is 0. The molecular weight excluding hydrogens is 384 g/mol. The molecule has 28 heavy (non-hydrogen) atoms. The van der Waals surface area contributed by atoms with Crippen molar-refractivity contribution in [3.8, 4) is 0 Å². The summed E-state index contributed by atoms with van der Waals surface area (Å²) < 4.78 is 2.82. The molecular formula is C23H20N2OS2. The highest BCUT2D eigenvalue weighted by Gasteiger charge is 2.31.